The van der Waals surface area contributed by atoms with Crippen LogP contribution in [0.25, 0.3) is 5.65 Å². The third-order valence-corrected chi connectivity index (χ3v) is 2.71. The average Bonchev–Trinajstić information content (AvgIpc) is 2.70. The van der Waals surface area contributed by atoms with Crippen LogP contribution in [0.3, 0.4) is 0 Å². The van der Waals surface area contributed by atoms with Gasteiger partial charge in [0.25, 0.3) is 0 Å². The van der Waals surface area contributed by atoms with Crippen LogP contribution in [0.5, 0.6) is 0 Å². The molecule has 0 aliphatic heterocycles. The summed E-state index contributed by atoms with van der Waals surface area (Å²) >= 11 is 5.89. The van der Waals surface area contributed by atoms with Crippen molar-refractivity contribution < 1.29 is 4.79 Å². The Morgan fingerprint density at radius 3 is 3.06 bits per heavy atom. The Balaban J connectivity index is 2.02. The second-order valence-corrected chi connectivity index (χ2v) is 4.23. The van der Waals surface area contributed by atoms with Crippen molar-refractivity contribution in [1.82, 2.24) is 14.7 Å². The van der Waals surface area contributed by atoms with E-state index in [-0.39, 0.29) is 5.91 Å². The molecular weight excluding hydrogens is 238 g/mol. The summed E-state index contributed by atoms with van der Waals surface area (Å²) in [5, 5.41) is 3.50. The number of carbonyl (C=O) groups excluding carboxylic acids is 1. The van der Waals surface area contributed by atoms with Crippen LogP contribution in [0.4, 0.5) is 0 Å². The molecular formula is C12H14ClN3O. The van der Waals surface area contributed by atoms with Crippen molar-refractivity contribution in [2.45, 2.75) is 19.8 Å². The molecule has 0 radical (unpaired) electrons. The zero-order valence-corrected chi connectivity index (χ0v) is 10.4. The quantitative estimate of drug-likeness (QED) is 0.904. The molecule has 0 spiro atoms. The summed E-state index contributed by atoms with van der Waals surface area (Å²) in [7, 11) is 0. The van der Waals surface area contributed by atoms with Gasteiger partial charge in [0.2, 0.25) is 5.91 Å². The fraction of sp³-hybridized carbons (Fsp3) is 0.333. The molecule has 2 aromatic rings. The van der Waals surface area contributed by atoms with E-state index in [1.807, 2.05) is 35.9 Å². The molecule has 4 nitrogen and oxygen atoms in total. The smallest absolute Gasteiger partial charge is 0.219 e. The summed E-state index contributed by atoms with van der Waals surface area (Å²) in [6.45, 7) is 2.45. The van der Waals surface area contributed by atoms with Gasteiger partial charge >= 0.3 is 0 Å². The largest absolute Gasteiger partial charge is 0.356 e. The fourth-order valence-corrected chi connectivity index (χ4v) is 1.76. The third-order valence-electron chi connectivity index (χ3n) is 2.49. The van der Waals surface area contributed by atoms with Gasteiger partial charge in [-0.25, -0.2) is 4.98 Å². The zero-order valence-electron chi connectivity index (χ0n) is 9.61. The van der Waals surface area contributed by atoms with Crippen molar-refractivity contribution in [3.63, 3.8) is 0 Å². The van der Waals surface area contributed by atoms with E-state index in [9.17, 15) is 4.79 Å². The van der Waals surface area contributed by atoms with Crippen LogP contribution in [-0.2, 0) is 11.2 Å². The summed E-state index contributed by atoms with van der Waals surface area (Å²) in [6.07, 6.45) is 4.99. The molecule has 0 aliphatic carbocycles. The van der Waals surface area contributed by atoms with Gasteiger partial charge in [-0.1, -0.05) is 18.5 Å². The molecule has 0 aromatic carbocycles. The van der Waals surface area contributed by atoms with E-state index < -0.39 is 0 Å². The minimum atomic E-state index is 0.0665. The number of fused-ring (bicyclic) bond motifs is 1. The molecule has 0 aliphatic rings. The maximum Gasteiger partial charge on any atom is 0.219 e. The molecule has 5 heteroatoms. The normalized spacial score (nSPS) is 10.7. The van der Waals surface area contributed by atoms with Gasteiger partial charge in [-0.3, -0.25) is 4.79 Å². The minimum Gasteiger partial charge on any atom is -0.356 e. The van der Waals surface area contributed by atoms with Gasteiger partial charge < -0.3 is 9.72 Å². The maximum absolute atomic E-state index is 11.1. The Morgan fingerprint density at radius 1 is 1.47 bits per heavy atom. The highest BCUT2D eigenvalue weighted by Crippen LogP contribution is 2.11. The lowest BCUT2D eigenvalue weighted by molar-refractivity contribution is -0.120. The topological polar surface area (TPSA) is 46.4 Å². The third kappa shape index (κ3) is 2.97. The SMILES string of the molecule is CCC(=O)NCCc1cn2cc(Cl)ccc2n1. The van der Waals surface area contributed by atoms with Crippen molar-refractivity contribution in [3.8, 4) is 0 Å². The molecule has 2 aromatic heterocycles. The number of hydrogen-bond donors (Lipinski definition) is 1. The average molecular weight is 252 g/mol. The van der Waals surface area contributed by atoms with Gasteiger partial charge in [0.05, 0.1) is 10.7 Å². The first-order valence-corrected chi connectivity index (χ1v) is 5.96. The monoisotopic (exact) mass is 251 g/mol. The first-order chi connectivity index (χ1) is 8.19. The predicted molar refractivity (Wildman–Crippen MR) is 67.2 cm³/mol. The Kier molecular flexibility index (Phi) is 3.64. The molecule has 17 heavy (non-hydrogen) atoms. The lowest BCUT2D eigenvalue weighted by atomic mass is 10.3. The van der Waals surface area contributed by atoms with E-state index in [2.05, 4.69) is 10.3 Å². The Hall–Kier alpha value is -1.55. The number of hydrogen-bond acceptors (Lipinski definition) is 2. The molecule has 2 rings (SSSR count). The van der Waals surface area contributed by atoms with Crippen LogP contribution < -0.4 is 5.32 Å². The van der Waals surface area contributed by atoms with Gasteiger partial charge in [0, 0.05) is 31.8 Å². The number of amides is 1. The lowest BCUT2D eigenvalue weighted by Crippen LogP contribution is -2.24. The predicted octanol–water partition coefficient (Wildman–Crippen LogP) is 2.06. The molecule has 0 fully saturated rings. The van der Waals surface area contributed by atoms with Crippen LogP contribution >= 0.6 is 11.6 Å². The standard InChI is InChI=1S/C12H14ClN3O/c1-2-12(17)14-6-5-10-8-16-7-9(13)3-4-11(16)15-10/h3-4,7-8H,2,5-6H2,1H3,(H,14,17). The van der Waals surface area contributed by atoms with Crippen molar-refractivity contribution in [3.05, 3.63) is 35.2 Å². The van der Waals surface area contributed by atoms with Crippen LogP contribution in [-0.4, -0.2) is 21.8 Å². The van der Waals surface area contributed by atoms with Crippen molar-refractivity contribution in [2.75, 3.05) is 6.54 Å². The van der Waals surface area contributed by atoms with Crippen LogP contribution in [0, 0.1) is 0 Å². The maximum atomic E-state index is 11.1. The second kappa shape index (κ2) is 5.19. The summed E-state index contributed by atoms with van der Waals surface area (Å²) in [4.78, 5) is 15.5. The van der Waals surface area contributed by atoms with Gasteiger partial charge in [-0.2, -0.15) is 0 Å². The van der Waals surface area contributed by atoms with Gasteiger partial charge in [-0.05, 0) is 12.1 Å². The Bertz CT molecular complexity index is 536. The van der Waals surface area contributed by atoms with Gasteiger partial charge in [0.15, 0.2) is 0 Å². The number of pyridine rings is 1. The van der Waals surface area contributed by atoms with E-state index >= 15 is 0 Å². The first-order valence-electron chi connectivity index (χ1n) is 5.59. The number of nitrogens with zero attached hydrogens (tertiary/aromatic N) is 2. The number of nitrogens with one attached hydrogen (secondary N) is 1. The Morgan fingerprint density at radius 2 is 2.29 bits per heavy atom. The van der Waals surface area contributed by atoms with Crippen LogP contribution in [0.1, 0.15) is 19.0 Å². The molecule has 0 bridgehead atoms. The molecule has 1 N–H and O–H groups in total. The number of rotatable bonds is 4. The number of carbonyl (C=O) groups is 1. The van der Waals surface area contributed by atoms with E-state index in [1.165, 1.54) is 0 Å². The minimum absolute atomic E-state index is 0.0665. The molecule has 90 valence electrons. The van der Waals surface area contributed by atoms with Crippen LogP contribution in [0.2, 0.25) is 5.02 Å². The van der Waals surface area contributed by atoms with E-state index in [0.717, 1.165) is 17.8 Å². The zero-order chi connectivity index (χ0) is 12.3. The molecule has 0 saturated heterocycles. The van der Waals surface area contributed by atoms with Crippen molar-refractivity contribution in [1.29, 1.82) is 0 Å². The van der Waals surface area contributed by atoms with E-state index in [1.54, 1.807) is 0 Å². The van der Waals surface area contributed by atoms with Crippen molar-refractivity contribution in [2.24, 2.45) is 0 Å². The molecule has 0 saturated carbocycles. The number of halogens is 1. The second-order valence-electron chi connectivity index (χ2n) is 3.80. The first kappa shape index (κ1) is 11.9. The summed E-state index contributed by atoms with van der Waals surface area (Å²) in [5.41, 5.74) is 1.81. The number of imidazole rings is 1. The molecule has 0 unspecified atom stereocenters. The highest BCUT2D eigenvalue weighted by Gasteiger charge is 2.02. The highest BCUT2D eigenvalue weighted by atomic mass is 35.5. The number of aromatic nitrogens is 2. The molecule has 2 heterocycles. The van der Waals surface area contributed by atoms with E-state index in [0.29, 0.717) is 18.0 Å². The summed E-state index contributed by atoms with van der Waals surface area (Å²) in [6, 6.07) is 3.68. The van der Waals surface area contributed by atoms with Gasteiger partial charge in [0.1, 0.15) is 5.65 Å². The van der Waals surface area contributed by atoms with Gasteiger partial charge in [-0.15, -0.1) is 0 Å². The Labute approximate surface area is 105 Å². The highest BCUT2D eigenvalue weighted by molar-refractivity contribution is 6.30. The van der Waals surface area contributed by atoms with Crippen molar-refractivity contribution >= 4 is 23.2 Å². The summed E-state index contributed by atoms with van der Waals surface area (Å²) < 4.78 is 1.89. The lowest BCUT2D eigenvalue weighted by Gasteiger charge is -2.00. The van der Waals surface area contributed by atoms with E-state index in [4.69, 9.17) is 11.6 Å². The fourth-order valence-electron chi connectivity index (χ4n) is 1.59. The molecule has 0 atom stereocenters. The molecule has 1 amide bonds. The van der Waals surface area contributed by atoms with Crippen LogP contribution in [0.15, 0.2) is 24.5 Å². The summed E-state index contributed by atoms with van der Waals surface area (Å²) in [5.74, 6) is 0.0665.